The molecule has 0 amide bonds. The molecule has 134 valence electrons. The molecule has 5 rings (SSSR count). The average molecular weight is 388 g/mol. The summed E-state index contributed by atoms with van der Waals surface area (Å²) in [6.45, 7) is 3.93. The molecule has 9 heteroatoms. The maximum absolute atomic E-state index is 6.64. The monoisotopic (exact) mass is 387 g/mol. The van der Waals surface area contributed by atoms with Gasteiger partial charge in [0.05, 0.1) is 15.3 Å². The Morgan fingerprint density at radius 3 is 2.69 bits per heavy atom. The third kappa shape index (κ3) is 2.55. The third-order valence-corrected chi connectivity index (χ3v) is 6.51. The average Bonchev–Trinajstić information content (AvgIpc) is 3.02. The van der Waals surface area contributed by atoms with Crippen molar-refractivity contribution in [2.24, 2.45) is 17.6 Å². The van der Waals surface area contributed by atoms with E-state index in [0.29, 0.717) is 23.0 Å². The highest BCUT2D eigenvalue weighted by molar-refractivity contribution is 7.99. The van der Waals surface area contributed by atoms with Crippen LogP contribution in [-0.2, 0) is 6.42 Å². The van der Waals surface area contributed by atoms with Crippen molar-refractivity contribution in [2.45, 2.75) is 29.4 Å². The van der Waals surface area contributed by atoms with E-state index in [2.05, 4.69) is 31.8 Å². The molecule has 3 aromatic rings. The fourth-order valence-corrected chi connectivity index (χ4v) is 4.84. The SMILES string of the molecule is CCc1[nH]c2nc(Sc3cncnc3)nc(N3CC4C(N)C4C3)c2c1Cl. The van der Waals surface area contributed by atoms with Crippen LogP contribution >= 0.6 is 23.4 Å². The van der Waals surface area contributed by atoms with Crippen LogP contribution < -0.4 is 10.6 Å². The molecule has 0 bridgehead atoms. The first-order chi connectivity index (χ1) is 12.7. The summed E-state index contributed by atoms with van der Waals surface area (Å²) in [7, 11) is 0. The molecule has 7 nitrogen and oxygen atoms in total. The van der Waals surface area contributed by atoms with E-state index in [9.17, 15) is 0 Å². The molecule has 2 fully saturated rings. The number of halogens is 1. The standard InChI is InChI=1S/C17H18ClN7S/c1-2-11-13(18)12-15(22-11)23-17(26-8-3-20-7-21-4-8)24-16(12)25-5-9-10(6-25)14(9)19/h3-4,7,9-10,14H,2,5-6,19H2,1H3,(H,22,23,24). The van der Waals surface area contributed by atoms with Gasteiger partial charge in [0.2, 0.25) is 0 Å². The lowest BCUT2D eigenvalue weighted by Crippen LogP contribution is -2.29. The number of nitrogens with one attached hydrogen (secondary N) is 1. The van der Waals surface area contributed by atoms with Crippen LogP contribution in [0.2, 0.25) is 5.02 Å². The topological polar surface area (TPSA) is 96.6 Å². The fourth-order valence-electron chi connectivity index (χ4n) is 3.78. The van der Waals surface area contributed by atoms with Crippen LogP contribution in [0.5, 0.6) is 0 Å². The van der Waals surface area contributed by atoms with Crippen molar-refractivity contribution in [3.05, 3.63) is 29.4 Å². The predicted octanol–water partition coefficient (Wildman–Crippen LogP) is 2.51. The smallest absolute Gasteiger partial charge is 0.196 e. The molecule has 2 atom stereocenters. The van der Waals surface area contributed by atoms with Gasteiger partial charge in [0.15, 0.2) is 5.16 Å². The number of anilines is 1. The Bertz CT molecular complexity index is 964. The maximum Gasteiger partial charge on any atom is 0.196 e. The van der Waals surface area contributed by atoms with Gasteiger partial charge in [-0.3, -0.25) is 0 Å². The summed E-state index contributed by atoms with van der Waals surface area (Å²) in [6, 6.07) is 0.340. The number of rotatable bonds is 4. The minimum Gasteiger partial charge on any atom is -0.355 e. The molecule has 0 radical (unpaired) electrons. The van der Waals surface area contributed by atoms with Gasteiger partial charge in [0, 0.05) is 37.2 Å². The quantitative estimate of drug-likeness (QED) is 0.664. The van der Waals surface area contributed by atoms with Crippen LogP contribution in [0.1, 0.15) is 12.6 Å². The second-order valence-corrected chi connectivity index (χ2v) is 8.23. The van der Waals surface area contributed by atoms with Gasteiger partial charge in [0.1, 0.15) is 17.8 Å². The highest BCUT2D eigenvalue weighted by Crippen LogP contribution is 2.47. The Balaban J connectivity index is 1.59. The molecule has 3 aromatic heterocycles. The summed E-state index contributed by atoms with van der Waals surface area (Å²) >= 11 is 8.09. The number of piperidine rings is 1. The van der Waals surface area contributed by atoms with Crippen molar-refractivity contribution in [1.82, 2.24) is 24.9 Å². The molecule has 0 aromatic carbocycles. The van der Waals surface area contributed by atoms with Gasteiger partial charge < -0.3 is 15.6 Å². The zero-order chi connectivity index (χ0) is 17.8. The first kappa shape index (κ1) is 16.3. The second-order valence-electron chi connectivity index (χ2n) is 6.81. The lowest BCUT2D eigenvalue weighted by atomic mass is 10.2. The van der Waals surface area contributed by atoms with Crippen molar-refractivity contribution in [2.75, 3.05) is 18.0 Å². The van der Waals surface area contributed by atoms with Crippen molar-refractivity contribution >= 4 is 40.2 Å². The predicted molar refractivity (Wildman–Crippen MR) is 102 cm³/mol. The Morgan fingerprint density at radius 1 is 1.27 bits per heavy atom. The number of H-pyrrole nitrogens is 1. The van der Waals surface area contributed by atoms with Crippen LogP contribution in [0.3, 0.4) is 0 Å². The number of nitrogens with two attached hydrogens (primary N) is 1. The first-order valence-electron chi connectivity index (χ1n) is 8.67. The largest absolute Gasteiger partial charge is 0.355 e. The van der Waals surface area contributed by atoms with E-state index < -0.39 is 0 Å². The number of fused-ring (bicyclic) bond motifs is 2. The van der Waals surface area contributed by atoms with E-state index in [0.717, 1.165) is 52.0 Å². The summed E-state index contributed by atoms with van der Waals surface area (Å²) in [5.74, 6) is 2.04. The fraction of sp³-hybridized carbons (Fsp3) is 0.412. The summed E-state index contributed by atoms with van der Waals surface area (Å²) in [4.78, 5) is 24.2. The van der Waals surface area contributed by atoms with Gasteiger partial charge >= 0.3 is 0 Å². The second kappa shape index (κ2) is 6.07. The van der Waals surface area contributed by atoms with Crippen LogP contribution in [0.15, 0.2) is 28.8 Å². The molecule has 2 unspecified atom stereocenters. The van der Waals surface area contributed by atoms with Gasteiger partial charge in [-0.2, -0.15) is 0 Å². The number of aromatic nitrogens is 5. The molecule has 1 saturated heterocycles. The summed E-state index contributed by atoms with van der Waals surface area (Å²) in [5, 5.41) is 2.29. The van der Waals surface area contributed by atoms with Gasteiger partial charge in [-0.25, -0.2) is 19.9 Å². The molecule has 2 aliphatic rings. The molecule has 0 spiro atoms. The van der Waals surface area contributed by atoms with Gasteiger partial charge in [-0.1, -0.05) is 18.5 Å². The van der Waals surface area contributed by atoms with Crippen molar-refractivity contribution in [1.29, 1.82) is 0 Å². The Hall–Kier alpha value is -1.90. The highest BCUT2D eigenvalue weighted by atomic mass is 35.5. The third-order valence-electron chi connectivity index (χ3n) is 5.28. The first-order valence-corrected chi connectivity index (χ1v) is 9.86. The molecule has 1 aliphatic heterocycles. The number of aromatic amines is 1. The molecule has 1 aliphatic carbocycles. The zero-order valence-corrected chi connectivity index (χ0v) is 15.8. The lowest BCUT2D eigenvalue weighted by molar-refractivity contribution is 0.732. The Labute approximate surface area is 159 Å². The van der Waals surface area contributed by atoms with E-state index in [1.165, 1.54) is 18.1 Å². The molecule has 4 heterocycles. The van der Waals surface area contributed by atoms with E-state index >= 15 is 0 Å². The number of hydrogen-bond donors (Lipinski definition) is 2. The van der Waals surface area contributed by atoms with Gasteiger partial charge in [0.25, 0.3) is 0 Å². The summed E-state index contributed by atoms with van der Waals surface area (Å²) in [6.07, 6.45) is 5.85. The van der Waals surface area contributed by atoms with E-state index in [1.54, 1.807) is 12.4 Å². The number of hydrogen-bond acceptors (Lipinski definition) is 7. The summed E-state index contributed by atoms with van der Waals surface area (Å²) < 4.78 is 0. The van der Waals surface area contributed by atoms with Gasteiger partial charge in [-0.05, 0) is 30.0 Å². The zero-order valence-electron chi connectivity index (χ0n) is 14.2. The molecule has 1 saturated carbocycles. The minimum atomic E-state index is 0.340. The highest BCUT2D eigenvalue weighted by Gasteiger charge is 2.54. The lowest BCUT2D eigenvalue weighted by Gasteiger charge is -2.21. The Kier molecular flexibility index (Phi) is 3.80. The normalized spacial score (nSPS) is 24.3. The van der Waals surface area contributed by atoms with E-state index in [1.807, 2.05) is 0 Å². The summed E-state index contributed by atoms with van der Waals surface area (Å²) in [5.41, 5.74) is 7.87. The van der Waals surface area contributed by atoms with Gasteiger partial charge in [-0.15, -0.1) is 0 Å². The number of aryl methyl sites for hydroxylation is 1. The van der Waals surface area contributed by atoms with Crippen molar-refractivity contribution in [3.63, 3.8) is 0 Å². The molecule has 26 heavy (non-hydrogen) atoms. The molecular weight excluding hydrogens is 370 g/mol. The van der Waals surface area contributed by atoms with Crippen LogP contribution in [0.4, 0.5) is 5.82 Å². The molecular formula is C17H18ClN7S. The number of nitrogens with zero attached hydrogens (tertiary/aromatic N) is 5. The van der Waals surface area contributed by atoms with Crippen molar-refractivity contribution < 1.29 is 0 Å². The van der Waals surface area contributed by atoms with Crippen molar-refractivity contribution in [3.8, 4) is 0 Å². The van der Waals surface area contributed by atoms with E-state index in [-0.39, 0.29) is 0 Å². The molecule has 3 N–H and O–H groups in total. The van der Waals surface area contributed by atoms with E-state index in [4.69, 9.17) is 22.3 Å². The maximum atomic E-state index is 6.64. The Morgan fingerprint density at radius 2 is 2.00 bits per heavy atom. The van der Waals surface area contributed by atoms with Crippen LogP contribution in [-0.4, -0.2) is 44.1 Å². The van der Waals surface area contributed by atoms with Crippen LogP contribution in [0.25, 0.3) is 11.0 Å². The van der Waals surface area contributed by atoms with Crippen LogP contribution in [0, 0.1) is 11.8 Å². The minimum absolute atomic E-state index is 0.340.